The lowest BCUT2D eigenvalue weighted by Gasteiger charge is -2.18. The molecule has 0 saturated heterocycles. The van der Waals surface area contributed by atoms with Crippen LogP contribution in [-0.2, 0) is 28.6 Å². The predicted molar refractivity (Wildman–Crippen MR) is 238 cm³/mol. The molecule has 1 atom stereocenters. The van der Waals surface area contributed by atoms with Gasteiger partial charge in [-0.05, 0) is 51.4 Å². The summed E-state index contributed by atoms with van der Waals surface area (Å²) in [4.78, 5) is 37.7. The summed E-state index contributed by atoms with van der Waals surface area (Å²) in [5.74, 6) is -0.983. The SMILES string of the molecule is CC/C=C\C/C=C\C/C=C\C/C=C\C/C=C\CCC(=O)OCC(COC(=O)CCCCCCCCCCCCC)OC(=O)CCCCCCCCCCCCC. The lowest BCUT2D eigenvalue weighted by Crippen LogP contribution is -2.30. The Bertz CT molecular complexity index is 1040. The molecule has 0 aromatic rings. The average molecular weight is 783 g/mol. The highest BCUT2D eigenvalue weighted by Gasteiger charge is 2.19. The monoisotopic (exact) mass is 783 g/mol. The second kappa shape index (κ2) is 44.8. The van der Waals surface area contributed by atoms with Crippen LogP contribution in [0, 0.1) is 0 Å². The Morgan fingerprint density at radius 1 is 0.375 bits per heavy atom. The fraction of sp³-hybridized carbons (Fsp3) is 0.740. The van der Waals surface area contributed by atoms with Gasteiger partial charge in [-0.25, -0.2) is 0 Å². The zero-order valence-electron chi connectivity index (χ0n) is 36.6. The van der Waals surface area contributed by atoms with Gasteiger partial charge in [0.15, 0.2) is 6.10 Å². The van der Waals surface area contributed by atoms with Crippen molar-refractivity contribution in [2.45, 2.75) is 226 Å². The summed E-state index contributed by atoms with van der Waals surface area (Å²) in [5.41, 5.74) is 0. The molecule has 0 fully saturated rings. The van der Waals surface area contributed by atoms with Crippen LogP contribution in [0.4, 0.5) is 0 Å². The number of rotatable bonds is 41. The van der Waals surface area contributed by atoms with Gasteiger partial charge in [-0.2, -0.15) is 0 Å². The van der Waals surface area contributed by atoms with Crippen LogP contribution in [0.2, 0.25) is 0 Å². The molecule has 0 radical (unpaired) electrons. The van der Waals surface area contributed by atoms with E-state index >= 15 is 0 Å². The quantitative estimate of drug-likeness (QED) is 0.0266. The molecular formula is C50H86O6. The smallest absolute Gasteiger partial charge is 0.306 e. The lowest BCUT2D eigenvalue weighted by molar-refractivity contribution is -0.166. The molecule has 0 spiro atoms. The van der Waals surface area contributed by atoms with Crippen LogP contribution in [0.5, 0.6) is 0 Å². The summed E-state index contributed by atoms with van der Waals surface area (Å²) in [5, 5.41) is 0. The van der Waals surface area contributed by atoms with Gasteiger partial charge < -0.3 is 14.2 Å². The Morgan fingerprint density at radius 3 is 1.09 bits per heavy atom. The first kappa shape index (κ1) is 53.1. The average Bonchev–Trinajstić information content (AvgIpc) is 3.19. The Kier molecular flexibility index (Phi) is 42.5. The van der Waals surface area contributed by atoms with Gasteiger partial charge in [0, 0.05) is 19.3 Å². The van der Waals surface area contributed by atoms with Crippen LogP contribution in [0.15, 0.2) is 60.8 Å². The normalized spacial score (nSPS) is 12.6. The van der Waals surface area contributed by atoms with Crippen molar-refractivity contribution < 1.29 is 28.6 Å². The molecule has 0 rings (SSSR count). The van der Waals surface area contributed by atoms with Gasteiger partial charge in [-0.15, -0.1) is 0 Å². The number of hydrogen-bond acceptors (Lipinski definition) is 6. The summed E-state index contributed by atoms with van der Waals surface area (Å²) in [7, 11) is 0. The molecule has 0 N–H and O–H groups in total. The molecule has 1 unspecified atom stereocenters. The number of unbranched alkanes of at least 4 members (excludes halogenated alkanes) is 20. The molecule has 6 nitrogen and oxygen atoms in total. The van der Waals surface area contributed by atoms with Crippen LogP contribution >= 0.6 is 0 Å². The standard InChI is InChI=1S/C50H86O6/c1-4-7-10-13-16-19-22-23-24-25-26-29-31-34-37-40-43-49(52)55-46-47(56-50(53)44-41-38-35-32-28-21-18-15-12-9-6-3)45-54-48(51)42-39-36-33-30-27-20-17-14-11-8-5-2/h7,10,16,19,23-24,26,29,34,37,47H,4-6,8-9,11-15,17-18,20-22,25,27-28,30-33,35-36,38-46H2,1-3H3/b10-7-,19-16-,24-23-,29-26-,37-34-. The van der Waals surface area contributed by atoms with Crippen molar-refractivity contribution in [1.82, 2.24) is 0 Å². The van der Waals surface area contributed by atoms with E-state index in [1.807, 2.05) is 12.2 Å². The highest BCUT2D eigenvalue weighted by atomic mass is 16.6. The Labute approximate surface area is 345 Å². The van der Waals surface area contributed by atoms with E-state index in [1.165, 1.54) is 103 Å². The first-order chi connectivity index (χ1) is 27.5. The molecule has 0 saturated carbocycles. The molecular weight excluding hydrogens is 697 g/mol. The van der Waals surface area contributed by atoms with Crippen LogP contribution in [0.3, 0.4) is 0 Å². The van der Waals surface area contributed by atoms with Gasteiger partial charge in [-0.3, -0.25) is 14.4 Å². The van der Waals surface area contributed by atoms with Crippen LogP contribution in [0.25, 0.3) is 0 Å². The molecule has 322 valence electrons. The van der Waals surface area contributed by atoms with E-state index in [1.54, 1.807) is 0 Å². The molecule has 0 aromatic heterocycles. The van der Waals surface area contributed by atoms with Crippen LogP contribution in [-0.4, -0.2) is 37.2 Å². The zero-order valence-corrected chi connectivity index (χ0v) is 36.6. The minimum absolute atomic E-state index is 0.0943. The Hall–Kier alpha value is -2.89. The Balaban J connectivity index is 4.47. The summed E-state index contributed by atoms with van der Waals surface area (Å²) in [6, 6.07) is 0. The third-order valence-electron chi connectivity index (χ3n) is 9.80. The number of carbonyl (C=O) groups excluding carboxylic acids is 3. The molecule has 0 aliphatic carbocycles. The minimum atomic E-state index is -0.797. The topological polar surface area (TPSA) is 78.9 Å². The summed E-state index contributed by atoms with van der Waals surface area (Å²) in [6.45, 7) is 6.43. The largest absolute Gasteiger partial charge is 0.462 e. The highest BCUT2D eigenvalue weighted by molar-refractivity contribution is 5.71. The van der Waals surface area contributed by atoms with Crippen molar-refractivity contribution in [3.05, 3.63) is 60.8 Å². The van der Waals surface area contributed by atoms with Gasteiger partial charge in [0.05, 0.1) is 0 Å². The molecule has 0 aliphatic rings. The van der Waals surface area contributed by atoms with Crippen molar-refractivity contribution in [3.63, 3.8) is 0 Å². The molecule has 0 amide bonds. The zero-order chi connectivity index (χ0) is 40.8. The van der Waals surface area contributed by atoms with Gasteiger partial charge in [0.25, 0.3) is 0 Å². The molecule has 0 heterocycles. The van der Waals surface area contributed by atoms with Gasteiger partial charge in [0.2, 0.25) is 0 Å². The second-order valence-corrected chi connectivity index (χ2v) is 15.3. The summed E-state index contributed by atoms with van der Waals surface area (Å²) < 4.78 is 16.6. The summed E-state index contributed by atoms with van der Waals surface area (Å²) in [6.07, 6.45) is 53.5. The van der Waals surface area contributed by atoms with Crippen molar-refractivity contribution in [2.24, 2.45) is 0 Å². The highest BCUT2D eigenvalue weighted by Crippen LogP contribution is 2.14. The lowest BCUT2D eigenvalue weighted by atomic mass is 10.1. The van der Waals surface area contributed by atoms with Gasteiger partial charge in [-0.1, -0.05) is 210 Å². The second-order valence-electron chi connectivity index (χ2n) is 15.3. The third-order valence-corrected chi connectivity index (χ3v) is 9.80. The van der Waals surface area contributed by atoms with E-state index in [9.17, 15) is 14.4 Å². The maximum atomic E-state index is 12.7. The molecule has 0 aromatic carbocycles. The number of esters is 3. The van der Waals surface area contributed by atoms with Crippen molar-refractivity contribution >= 4 is 17.9 Å². The van der Waals surface area contributed by atoms with Gasteiger partial charge in [0.1, 0.15) is 13.2 Å². The van der Waals surface area contributed by atoms with E-state index in [-0.39, 0.29) is 37.5 Å². The number of allylic oxidation sites excluding steroid dienone is 10. The van der Waals surface area contributed by atoms with Crippen molar-refractivity contribution in [1.29, 1.82) is 0 Å². The predicted octanol–water partition coefficient (Wildman–Crippen LogP) is 14.9. The first-order valence-electron chi connectivity index (χ1n) is 23.3. The minimum Gasteiger partial charge on any atom is -0.462 e. The summed E-state index contributed by atoms with van der Waals surface area (Å²) >= 11 is 0. The van der Waals surface area contributed by atoms with Gasteiger partial charge >= 0.3 is 17.9 Å². The number of carbonyl (C=O) groups is 3. The van der Waals surface area contributed by atoms with E-state index < -0.39 is 6.10 Å². The maximum Gasteiger partial charge on any atom is 0.306 e. The van der Waals surface area contributed by atoms with Crippen molar-refractivity contribution in [2.75, 3.05) is 13.2 Å². The number of ether oxygens (including phenoxy) is 3. The fourth-order valence-corrected chi connectivity index (χ4v) is 6.31. The molecule has 0 bridgehead atoms. The van der Waals surface area contributed by atoms with Crippen LogP contribution < -0.4 is 0 Å². The third kappa shape index (κ3) is 42.3. The maximum absolute atomic E-state index is 12.7. The molecule has 6 heteroatoms. The Morgan fingerprint density at radius 2 is 0.696 bits per heavy atom. The van der Waals surface area contributed by atoms with E-state index in [4.69, 9.17) is 14.2 Å². The first-order valence-corrected chi connectivity index (χ1v) is 23.3. The van der Waals surface area contributed by atoms with E-state index in [0.29, 0.717) is 19.3 Å². The fourth-order valence-electron chi connectivity index (χ4n) is 6.31. The molecule has 0 aliphatic heterocycles. The molecule has 56 heavy (non-hydrogen) atoms. The van der Waals surface area contributed by atoms with E-state index in [0.717, 1.165) is 70.6 Å². The van der Waals surface area contributed by atoms with E-state index in [2.05, 4.69) is 69.4 Å². The van der Waals surface area contributed by atoms with Crippen LogP contribution in [0.1, 0.15) is 220 Å². The number of hydrogen-bond donors (Lipinski definition) is 0. The van der Waals surface area contributed by atoms with Crippen molar-refractivity contribution in [3.8, 4) is 0 Å².